The van der Waals surface area contributed by atoms with Crippen LogP contribution >= 0.6 is 0 Å². The molecule has 10 heteroatoms. The normalized spacial score (nSPS) is 11.2. The maximum atomic E-state index is 12.7. The van der Waals surface area contributed by atoms with Gasteiger partial charge in [-0.05, 0) is 18.1 Å². The van der Waals surface area contributed by atoms with E-state index in [1.54, 1.807) is 13.8 Å². The number of halogens is 3. The number of rotatable bonds is 6. The van der Waals surface area contributed by atoms with Crippen molar-refractivity contribution in [2.24, 2.45) is 0 Å². The monoisotopic (exact) mass is 393 g/mol. The Morgan fingerprint density at radius 3 is 2.50 bits per heavy atom. The van der Waals surface area contributed by atoms with Crippen molar-refractivity contribution in [2.45, 2.75) is 25.9 Å². The quantitative estimate of drug-likeness (QED) is 0.734. The highest BCUT2D eigenvalue weighted by molar-refractivity contribution is 5.97. The van der Waals surface area contributed by atoms with E-state index in [1.165, 1.54) is 16.9 Å². The second kappa shape index (κ2) is 8.56. The van der Waals surface area contributed by atoms with Crippen LogP contribution in [-0.2, 0) is 11.0 Å². The van der Waals surface area contributed by atoms with E-state index in [2.05, 4.69) is 26.6 Å². The maximum absolute atomic E-state index is 12.7. The minimum Gasteiger partial charge on any atom is -0.344 e. The summed E-state index contributed by atoms with van der Waals surface area (Å²) in [5, 5.41) is 8.95. The van der Waals surface area contributed by atoms with Crippen LogP contribution in [0.4, 0.5) is 13.2 Å². The van der Waals surface area contributed by atoms with Crippen LogP contribution in [0.1, 0.15) is 41.4 Å². The second-order valence-electron chi connectivity index (χ2n) is 6.08. The van der Waals surface area contributed by atoms with E-state index in [-0.39, 0.29) is 30.4 Å². The Morgan fingerprint density at radius 1 is 1.25 bits per heavy atom. The standard InChI is InChI=1S/C18H18F3N5O2/c1-4-7-22-15(27)10-24-17(28)13-9-25-26(16(13)11(2)3)14-6-5-12(8-23-14)18(19,20)21/h1,5-6,8-9,11H,7,10H2,2-3H3,(H,22,27)(H,24,28). The van der Waals surface area contributed by atoms with Crippen LogP contribution < -0.4 is 10.6 Å². The van der Waals surface area contributed by atoms with E-state index in [9.17, 15) is 22.8 Å². The molecule has 2 rings (SSSR count). The molecule has 2 heterocycles. The summed E-state index contributed by atoms with van der Waals surface area (Å²) < 4.78 is 39.4. The minimum absolute atomic E-state index is 0.0451. The lowest BCUT2D eigenvalue weighted by molar-refractivity contribution is -0.137. The molecule has 0 aliphatic carbocycles. The van der Waals surface area contributed by atoms with Crippen LogP contribution in [0.5, 0.6) is 0 Å². The van der Waals surface area contributed by atoms with Crippen LogP contribution in [0.3, 0.4) is 0 Å². The molecule has 0 aromatic carbocycles. The van der Waals surface area contributed by atoms with Crippen molar-refractivity contribution in [3.8, 4) is 18.2 Å². The third kappa shape index (κ3) is 4.88. The fourth-order valence-corrected chi connectivity index (χ4v) is 2.42. The molecule has 2 N–H and O–H groups in total. The first-order valence-electron chi connectivity index (χ1n) is 8.25. The van der Waals surface area contributed by atoms with Gasteiger partial charge in [0.1, 0.15) is 0 Å². The number of aromatic nitrogens is 3. The molecule has 28 heavy (non-hydrogen) atoms. The number of hydrogen-bond acceptors (Lipinski definition) is 4. The molecule has 0 fully saturated rings. The highest BCUT2D eigenvalue weighted by atomic mass is 19.4. The molecule has 2 amide bonds. The highest BCUT2D eigenvalue weighted by Gasteiger charge is 2.31. The maximum Gasteiger partial charge on any atom is 0.417 e. The zero-order valence-corrected chi connectivity index (χ0v) is 15.2. The first kappa shape index (κ1) is 21.0. The van der Waals surface area contributed by atoms with Gasteiger partial charge in [-0.2, -0.15) is 18.3 Å². The average molecular weight is 393 g/mol. The fourth-order valence-electron chi connectivity index (χ4n) is 2.42. The first-order chi connectivity index (χ1) is 13.1. The summed E-state index contributed by atoms with van der Waals surface area (Å²) in [6.07, 6.45) is 2.52. The summed E-state index contributed by atoms with van der Waals surface area (Å²) in [5.41, 5.74) is -0.235. The van der Waals surface area contributed by atoms with Gasteiger partial charge in [0.05, 0.1) is 36.1 Å². The summed E-state index contributed by atoms with van der Waals surface area (Å²) >= 11 is 0. The number of nitrogens with zero attached hydrogens (tertiary/aromatic N) is 3. The molecular weight excluding hydrogens is 375 g/mol. The highest BCUT2D eigenvalue weighted by Crippen LogP contribution is 2.29. The molecule has 0 radical (unpaired) electrons. The van der Waals surface area contributed by atoms with E-state index in [4.69, 9.17) is 6.42 Å². The smallest absolute Gasteiger partial charge is 0.344 e. The number of nitrogens with one attached hydrogen (secondary N) is 2. The van der Waals surface area contributed by atoms with Gasteiger partial charge in [0.2, 0.25) is 5.91 Å². The number of alkyl halides is 3. The molecule has 0 saturated carbocycles. The Morgan fingerprint density at radius 2 is 1.96 bits per heavy atom. The molecule has 0 aliphatic heterocycles. The van der Waals surface area contributed by atoms with Gasteiger partial charge in [-0.1, -0.05) is 19.8 Å². The molecule has 7 nitrogen and oxygen atoms in total. The van der Waals surface area contributed by atoms with E-state index in [0.29, 0.717) is 11.9 Å². The van der Waals surface area contributed by atoms with Crippen molar-refractivity contribution >= 4 is 11.8 Å². The number of pyridine rings is 1. The summed E-state index contributed by atoms with van der Waals surface area (Å²) in [6.45, 7) is 3.37. The Bertz CT molecular complexity index is 895. The van der Waals surface area contributed by atoms with Gasteiger partial charge in [0.25, 0.3) is 5.91 Å². The van der Waals surface area contributed by atoms with Gasteiger partial charge in [0, 0.05) is 6.20 Å². The molecule has 0 atom stereocenters. The second-order valence-corrected chi connectivity index (χ2v) is 6.08. The average Bonchev–Trinajstić information content (AvgIpc) is 3.09. The zero-order chi connectivity index (χ0) is 20.9. The molecule has 0 bridgehead atoms. The lowest BCUT2D eigenvalue weighted by Gasteiger charge is -2.13. The minimum atomic E-state index is -4.50. The van der Waals surface area contributed by atoms with Crippen LogP contribution in [0.15, 0.2) is 24.5 Å². The van der Waals surface area contributed by atoms with Crippen molar-refractivity contribution in [1.82, 2.24) is 25.4 Å². The fraction of sp³-hybridized carbons (Fsp3) is 0.333. The van der Waals surface area contributed by atoms with E-state index in [0.717, 1.165) is 6.07 Å². The number of carbonyl (C=O) groups is 2. The lowest BCUT2D eigenvalue weighted by Crippen LogP contribution is -2.37. The van der Waals surface area contributed by atoms with Crippen molar-refractivity contribution in [1.29, 1.82) is 0 Å². The molecule has 0 saturated heterocycles. The molecule has 2 aromatic rings. The van der Waals surface area contributed by atoms with Crippen molar-refractivity contribution in [3.05, 3.63) is 41.3 Å². The molecular formula is C18H18F3N5O2. The van der Waals surface area contributed by atoms with Gasteiger partial charge in [-0.3, -0.25) is 9.59 Å². The SMILES string of the molecule is C#CCNC(=O)CNC(=O)c1cnn(-c2ccc(C(F)(F)F)cn2)c1C(C)C. The molecule has 148 valence electrons. The van der Waals surface area contributed by atoms with Crippen molar-refractivity contribution in [3.63, 3.8) is 0 Å². The topological polar surface area (TPSA) is 88.9 Å². The third-order valence-corrected chi connectivity index (χ3v) is 3.69. The van der Waals surface area contributed by atoms with Crippen LogP contribution in [-0.4, -0.2) is 39.7 Å². The lowest BCUT2D eigenvalue weighted by atomic mass is 10.1. The number of hydrogen-bond donors (Lipinski definition) is 2. The molecule has 0 aliphatic rings. The van der Waals surface area contributed by atoms with Gasteiger partial charge in [-0.15, -0.1) is 6.42 Å². The van der Waals surface area contributed by atoms with Crippen molar-refractivity contribution in [2.75, 3.05) is 13.1 Å². The largest absolute Gasteiger partial charge is 0.417 e. The Hall–Kier alpha value is -3.35. The summed E-state index contributed by atoms with van der Waals surface area (Å²) in [6, 6.07) is 2.07. The van der Waals surface area contributed by atoms with Crippen LogP contribution in [0.2, 0.25) is 0 Å². The summed E-state index contributed by atoms with van der Waals surface area (Å²) in [7, 11) is 0. The molecule has 0 unspecified atom stereocenters. The van der Waals surface area contributed by atoms with Gasteiger partial charge < -0.3 is 10.6 Å². The van der Waals surface area contributed by atoms with Gasteiger partial charge >= 0.3 is 6.18 Å². The first-order valence-corrected chi connectivity index (χ1v) is 8.25. The van der Waals surface area contributed by atoms with Gasteiger partial charge in [0.15, 0.2) is 5.82 Å². The van der Waals surface area contributed by atoms with Gasteiger partial charge in [-0.25, -0.2) is 9.67 Å². The Labute approximate surface area is 159 Å². The predicted octanol–water partition coefficient (Wildman–Crippen LogP) is 1.89. The molecule has 0 spiro atoms. The van der Waals surface area contributed by atoms with Crippen LogP contribution in [0.25, 0.3) is 5.82 Å². The molecule has 2 aromatic heterocycles. The number of amides is 2. The Kier molecular flexibility index (Phi) is 6.41. The summed E-state index contributed by atoms with van der Waals surface area (Å²) in [5.74, 6) is 1.20. The summed E-state index contributed by atoms with van der Waals surface area (Å²) in [4.78, 5) is 27.8. The number of carbonyl (C=O) groups excluding carboxylic acids is 2. The van der Waals surface area contributed by atoms with E-state index >= 15 is 0 Å². The van der Waals surface area contributed by atoms with Crippen molar-refractivity contribution < 1.29 is 22.8 Å². The van der Waals surface area contributed by atoms with E-state index < -0.39 is 23.6 Å². The number of terminal acetylenes is 1. The van der Waals surface area contributed by atoms with Crippen LogP contribution in [0, 0.1) is 12.3 Å². The Balaban J connectivity index is 2.25. The zero-order valence-electron chi connectivity index (χ0n) is 15.2. The predicted molar refractivity (Wildman–Crippen MR) is 94.6 cm³/mol. The third-order valence-electron chi connectivity index (χ3n) is 3.69. The van der Waals surface area contributed by atoms with E-state index in [1.807, 2.05) is 0 Å².